The Morgan fingerprint density at radius 2 is 1.74 bits per heavy atom. The van der Waals surface area contributed by atoms with E-state index >= 15 is 0 Å². The number of hydrogen-bond acceptors (Lipinski definition) is 7. The first-order valence-corrected chi connectivity index (χ1v) is 13.3. The highest BCUT2D eigenvalue weighted by molar-refractivity contribution is 7.99. The number of likely N-dealkylation sites (tertiary alicyclic amines) is 1. The molecule has 4 rings (SSSR count). The molecule has 1 fully saturated rings. The van der Waals surface area contributed by atoms with Crippen LogP contribution in [0.2, 0.25) is 0 Å². The molecule has 0 saturated carbocycles. The molecule has 0 aliphatic carbocycles. The van der Waals surface area contributed by atoms with Crippen LogP contribution in [-0.2, 0) is 0 Å². The molecule has 3 unspecified atom stereocenters. The van der Waals surface area contributed by atoms with Gasteiger partial charge in [0.1, 0.15) is 6.23 Å². The van der Waals surface area contributed by atoms with Crippen LogP contribution < -0.4 is 19.1 Å². The summed E-state index contributed by atoms with van der Waals surface area (Å²) in [6.45, 7) is 8.24. The summed E-state index contributed by atoms with van der Waals surface area (Å²) in [7, 11) is 4.89. The van der Waals surface area contributed by atoms with Gasteiger partial charge in [0.05, 0.1) is 39.1 Å². The Balaban J connectivity index is 1.78. The SMILES string of the molecule is C=C(C)CCC(C(O)N1c2ccccc2SCC1c1cc(OC)c(OC)c(OC)c1)N1CCCC1. The van der Waals surface area contributed by atoms with E-state index in [-0.39, 0.29) is 12.1 Å². The van der Waals surface area contributed by atoms with Crippen LogP contribution in [0.1, 0.15) is 44.2 Å². The number of anilines is 1. The van der Waals surface area contributed by atoms with Crippen molar-refractivity contribution in [2.45, 2.75) is 55.8 Å². The van der Waals surface area contributed by atoms with Gasteiger partial charge in [-0.3, -0.25) is 4.90 Å². The van der Waals surface area contributed by atoms with Crippen molar-refractivity contribution < 1.29 is 19.3 Å². The van der Waals surface area contributed by atoms with E-state index in [4.69, 9.17) is 14.2 Å². The third kappa shape index (κ3) is 5.42. The van der Waals surface area contributed by atoms with Crippen LogP contribution in [-0.4, -0.2) is 62.4 Å². The number of rotatable bonds is 10. The van der Waals surface area contributed by atoms with Crippen LogP contribution in [0.4, 0.5) is 5.69 Å². The average molecular weight is 499 g/mol. The first-order chi connectivity index (χ1) is 17.0. The topological polar surface area (TPSA) is 54.4 Å². The number of aliphatic hydroxyl groups is 1. The lowest BCUT2D eigenvalue weighted by atomic mass is 9.99. The molecule has 2 aromatic rings. The summed E-state index contributed by atoms with van der Waals surface area (Å²) in [6.07, 6.45) is 3.47. The summed E-state index contributed by atoms with van der Waals surface area (Å²) in [4.78, 5) is 5.87. The summed E-state index contributed by atoms with van der Waals surface area (Å²) < 4.78 is 16.9. The number of methoxy groups -OCH3 is 3. The highest BCUT2D eigenvalue weighted by Crippen LogP contribution is 2.48. The third-order valence-electron chi connectivity index (χ3n) is 7.05. The molecule has 2 aliphatic heterocycles. The van der Waals surface area contributed by atoms with Gasteiger partial charge in [0.2, 0.25) is 5.75 Å². The van der Waals surface area contributed by atoms with E-state index in [1.54, 1.807) is 21.3 Å². The van der Waals surface area contributed by atoms with E-state index in [9.17, 15) is 5.11 Å². The Bertz CT molecular complexity index is 999. The first-order valence-electron chi connectivity index (χ1n) is 12.3. The molecule has 1 saturated heterocycles. The lowest BCUT2D eigenvalue weighted by Gasteiger charge is -2.46. The van der Waals surface area contributed by atoms with E-state index in [0.29, 0.717) is 17.2 Å². The van der Waals surface area contributed by atoms with E-state index in [1.165, 1.54) is 17.7 Å². The Morgan fingerprint density at radius 3 is 2.34 bits per heavy atom. The Kier molecular flexibility index (Phi) is 8.52. The number of fused-ring (bicyclic) bond motifs is 1. The molecule has 2 heterocycles. The lowest BCUT2D eigenvalue weighted by Crippen LogP contribution is -2.53. The number of thioether (sulfide) groups is 1. The third-order valence-corrected chi connectivity index (χ3v) is 8.19. The fourth-order valence-corrected chi connectivity index (χ4v) is 6.45. The van der Waals surface area contributed by atoms with Crippen molar-refractivity contribution in [2.75, 3.05) is 45.1 Å². The van der Waals surface area contributed by atoms with Crippen molar-refractivity contribution in [3.63, 3.8) is 0 Å². The maximum absolute atomic E-state index is 12.1. The minimum Gasteiger partial charge on any atom is -0.493 e. The second kappa shape index (κ2) is 11.6. The first kappa shape index (κ1) is 25.7. The molecule has 0 amide bonds. The van der Waals surface area contributed by atoms with E-state index in [2.05, 4.69) is 47.6 Å². The molecule has 1 N–H and O–H groups in total. The number of para-hydroxylation sites is 1. The van der Waals surface area contributed by atoms with Crippen molar-refractivity contribution in [2.24, 2.45) is 0 Å². The Hall–Kier alpha value is -2.35. The highest BCUT2D eigenvalue weighted by atomic mass is 32.2. The molecular weight excluding hydrogens is 460 g/mol. The summed E-state index contributed by atoms with van der Waals surface area (Å²) in [5.41, 5.74) is 3.24. The van der Waals surface area contributed by atoms with Crippen LogP contribution in [0.15, 0.2) is 53.4 Å². The van der Waals surface area contributed by atoms with Gasteiger partial charge in [-0.1, -0.05) is 17.7 Å². The maximum Gasteiger partial charge on any atom is 0.203 e. The predicted molar refractivity (Wildman–Crippen MR) is 143 cm³/mol. The summed E-state index contributed by atoms with van der Waals surface area (Å²) in [5, 5.41) is 12.1. The molecule has 35 heavy (non-hydrogen) atoms. The molecule has 0 spiro atoms. The molecule has 2 aliphatic rings. The molecule has 3 atom stereocenters. The standard InChI is InChI=1S/C28H38N2O4S/c1-19(2)12-13-22(29-14-8-9-15-29)28(31)30-21-10-6-7-11-26(21)35-18-23(30)20-16-24(32-3)27(34-5)25(17-20)33-4/h6-7,10-11,16-17,22-23,28,31H,1,8-9,12-15,18H2,2-5H3. The van der Waals surface area contributed by atoms with Gasteiger partial charge < -0.3 is 24.2 Å². The summed E-state index contributed by atoms with van der Waals surface area (Å²) in [6, 6.07) is 12.4. The van der Waals surface area contributed by atoms with Crippen molar-refractivity contribution in [3.8, 4) is 17.2 Å². The zero-order valence-electron chi connectivity index (χ0n) is 21.3. The number of allylic oxidation sites excluding steroid dienone is 1. The lowest BCUT2D eigenvalue weighted by molar-refractivity contribution is 0.0487. The minimum absolute atomic E-state index is 0.0231. The fourth-order valence-electron chi connectivity index (χ4n) is 5.26. The summed E-state index contributed by atoms with van der Waals surface area (Å²) in [5.74, 6) is 2.63. The number of ether oxygens (including phenoxy) is 3. The molecule has 0 radical (unpaired) electrons. The predicted octanol–water partition coefficient (Wildman–Crippen LogP) is 5.50. The van der Waals surface area contributed by atoms with Crippen molar-refractivity contribution in [1.29, 1.82) is 0 Å². The number of hydrogen-bond donors (Lipinski definition) is 1. The van der Waals surface area contributed by atoms with Gasteiger partial charge in [0.25, 0.3) is 0 Å². The van der Waals surface area contributed by atoms with Gasteiger partial charge >= 0.3 is 0 Å². The van der Waals surface area contributed by atoms with E-state index < -0.39 is 6.23 Å². The van der Waals surface area contributed by atoms with Crippen LogP contribution in [0.5, 0.6) is 17.2 Å². The number of nitrogens with zero attached hydrogens (tertiary/aromatic N) is 2. The fraction of sp³-hybridized carbons (Fsp3) is 0.500. The monoisotopic (exact) mass is 498 g/mol. The number of aliphatic hydroxyl groups excluding tert-OH is 1. The molecule has 2 aromatic carbocycles. The molecular formula is C28H38N2O4S. The van der Waals surface area contributed by atoms with E-state index in [1.807, 2.05) is 23.9 Å². The van der Waals surface area contributed by atoms with Crippen LogP contribution in [0, 0.1) is 0 Å². The van der Waals surface area contributed by atoms with Gasteiger partial charge in [0.15, 0.2) is 11.5 Å². The molecule has 6 nitrogen and oxygen atoms in total. The highest BCUT2D eigenvalue weighted by Gasteiger charge is 2.39. The van der Waals surface area contributed by atoms with Crippen molar-refractivity contribution in [1.82, 2.24) is 4.90 Å². The largest absolute Gasteiger partial charge is 0.493 e. The normalized spacial score (nSPS) is 19.7. The van der Waals surface area contributed by atoms with Gasteiger partial charge in [-0.15, -0.1) is 18.3 Å². The molecule has 7 heteroatoms. The van der Waals surface area contributed by atoms with Crippen LogP contribution in [0.3, 0.4) is 0 Å². The van der Waals surface area contributed by atoms with E-state index in [0.717, 1.165) is 48.5 Å². The van der Waals surface area contributed by atoms with Crippen LogP contribution >= 0.6 is 11.8 Å². The second-order valence-corrected chi connectivity index (χ2v) is 10.4. The van der Waals surface area contributed by atoms with Gasteiger partial charge in [-0.2, -0.15) is 0 Å². The maximum atomic E-state index is 12.1. The van der Waals surface area contributed by atoms with Crippen LogP contribution in [0.25, 0.3) is 0 Å². The molecule has 190 valence electrons. The average Bonchev–Trinajstić information content (AvgIpc) is 3.41. The van der Waals surface area contributed by atoms with Crippen molar-refractivity contribution >= 4 is 17.4 Å². The smallest absolute Gasteiger partial charge is 0.203 e. The zero-order valence-corrected chi connectivity index (χ0v) is 22.1. The molecule has 0 aromatic heterocycles. The van der Waals surface area contributed by atoms with Gasteiger partial charge in [-0.05, 0) is 75.5 Å². The number of benzene rings is 2. The van der Waals surface area contributed by atoms with Gasteiger partial charge in [0, 0.05) is 10.6 Å². The quantitative estimate of drug-likeness (QED) is 0.434. The van der Waals surface area contributed by atoms with Crippen molar-refractivity contribution in [3.05, 3.63) is 54.1 Å². The second-order valence-electron chi connectivity index (χ2n) is 9.38. The minimum atomic E-state index is -0.668. The van der Waals surface area contributed by atoms with Gasteiger partial charge in [-0.25, -0.2) is 0 Å². The zero-order chi connectivity index (χ0) is 24.9. The molecule has 0 bridgehead atoms. The summed E-state index contributed by atoms with van der Waals surface area (Å²) >= 11 is 1.82. The Morgan fingerprint density at radius 1 is 1.09 bits per heavy atom. The Labute approximate surface area is 213 Å².